The number of amides is 2. The standard InChI is InChI=1S/C29H23ClNO2P/c1-18-25(19-11-5-3-6-12-19)34-23(17-20-13-9-10-16-22(20)30)29(18,2)24-26(34)28(33)31(27(24)32)21-14-7-4-8-15-21/h3-17,24,26H,1-2H3/b23-17+. The van der Waals surface area contributed by atoms with Crippen LogP contribution in [-0.2, 0) is 9.59 Å². The van der Waals surface area contributed by atoms with Gasteiger partial charge in [0, 0.05) is 10.4 Å². The van der Waals surface area contributed by atoms with Gasteiger partial charge in [0.25, 0.3) is 0 Å². The van der Waals surface area contributed by atoms with Gasteiger partial charge in [-0.1, -0.05) is 90.8 Å². The molecule has 2 amide bonds. The number of carbonyl (C=O) groups excluding carboxylic acids is 2. The van der Waals surface area contributed by atoms with Crippen LogP contribution in [0, 0.1) is 11.3 Å². The molecule has 3 aromatic rings. The molecule has 0 aliphatic carbocycles. The van der Waals surface area contributed by atoms with Crippen molar-refractivity contribution in [3.63, 3.8) is 0 Å². The zero-order valence-corrected chi connectivity index (χ0v) is 20.6. The molecule has 5 heteroatoms. The molecule has 3 nitrogen and oxygen atoms in total. The summed E-state index contributed by atoms with van der Waals surface area (Å²) in [6, 6.07) is 27.4. The number of anilines is 1. The zero-order chi connectivity index (χ0) is 23.6. The van der Waals surface area contributed by atoms with E-state index < -0.39 is 19.3 Å². The summed E-state index contributed by atoms with van der Waals surface area (Å²) in [4.78, 5) is 29.2. The molecule has 4 atom stereocenters. The molecule has 34 heavy (non-hydrogen) atoms. The largest absolute Gasteiger partial charge is 0.274 e. The van der Waals surface area contributed by atoms with Crippen molar-refractivity contribution in [3.05, 3.63) is 112 Å². The summed E-state index contributed by atoms with van der Waals surface area (Å²) in [5.41, 5.74) is 3.02. The molecule has 3 aliphatic heterocycles. The van der Waals surface area contributed by atoms with Gasteiger partial charge in [0.15, 0.2) is 0 Å². The highest BCUT2D eigenvalue weighted by molar-refractivity contribution is 7.75. The summed E-state index contributed by atoms with van der Waals surface area (Å²) < 4.78 is 0. The average Bonchev–Trinajstić information content (AvgIpc) is 3.35. The van der Waals surface area contributed by atoms with Gasteiger partial charge in [-0.2, -0.15) is 0 Å². The fraction of sp³-hybridized carbons (Fsp3) is 0.172. The second kappa shape index (κ2) is 7.77. The minimum atomic E-state index is -1.05. The number of hydrogen-bond donors (Lipinski definition) is 0. The van der Waals surface area contributed by atoms with Crippen molar-refractivity contribution in [1.29, 1.82) is 0 Å². The Kier molecular flexibility index (Phi) is 4.92. The zero-order valence-electron chi connectivity index (χ0n) is 18.9. The van der Waals surface area contributed by atoms with E-state index in [1.165, 1.54) is 21.1 Å². The van der Waals surface area contributed by atoms with E-state index in [1.807, 2.05) is 72.8 Å². The van der Waals surface area contributed by atoms with Crippen molar-refractivity contribution < 1.29 is 9.59 Å². The summed E-state index contributed by atoms with van der Waals surface area (Å²) >= 11 is 6.54. The Morgan fingerprint density at radius 3 is 2.18 bits per heavy atom. The Bertz CT molecular complexity index is 1400. The number of benzene rings is 3. The predicted molar refractivity (Wildman–Crippen MR) is 140 cm³/mol. The summed E-state index contributed by atoms with van der Waals surface area (Å²) in [7, 11) is -1.05. The Hall–Kier alpha value is -3.00. The van der Waals surface area contributed by atoms with Gasteiger partial charge in [0.1, 0.15) is 0 Å². The third-order valence-corrected chi connectivity index (χ3v) is 11.2. The first kappa shape index (κ1) is 21.5. The number of fused-ring (bicyclic) bond motifs is 5. The van der Waals surface area contributed by atoms with Crippen LogP contribution in [0.5, 0.6) is 0 Å². The van der Waals surface area contributed by atoms with Crippen molar-refractivity contribution >= 4 is 48.4 Å². The highest BCUT2D eigenvalue weighted by atomic mass is 35.5. The van der Waals surface area contributed by atoms with Crippen LogP contribution in [0.4, 0.5) is 5.69 Å². The molecule has 2 saturated heterocycles. The molecule has 0 radical (unpaired) electrons. The maximum absolute atomic E-state index is 13.9. The molecule has 168 valence electrons. The summed E-state index contributed by atoms with van der Waals surface area (Å²) in [6.07, 6.45) is 2.15. The molecule has 0 saturated carbocycles. The lowest BCUT2D eigenvalue weighted by Gasteiger charge is -2.32. The Balaban J connectivity index is 1.57. The van der Waals surface area contributed by atoms with Crippen LogP contribution in [-0.4, -0.2) is 17.5 Å². The minimum Gasteiger partial charge on any atom is -0.274 e. The number of carbonyl (C=O) groups is 2. The van der Waals surface area contributed by atoms with Crippen LogP contribution in [0.15, 0.2) is 95.8 Å². The summed E-state index contributed by atoms with van der Waals surface area (Å²) in [6.45, 7) is 4.30. The third-order valence-electron chi connectivity index (χ3n) is 7.60. The number of hydrogen-bond acceptors (Lipinski definition) is 2. The maximum Gasteiger partial charge on any atom is 0.242 e. The molecule has 3 aromatic carbocycles. The molecular weight excluding hydrogens is 461 g/mol. The lowest BCUT2D eigenvalue weighted by Crippen LogP contribution is -2.36. The molecule has 4 unspecified atom stereocenters. The van der Waals surface area contributed by atoms with Gasteiger partial charge in [-0.25, -0.2) is 4.90 Å². The van der Waals surface area contributed by atoms with Gasteiger partial charge in [-0.05, 0) is 60.9 Å². The van der Waals surface area contributed by atoms with Crippen LogP contribution < -0.4 is 4.90 Å². The Morgan fingerprint density at radius 2 is 1.50 bits per heavy atom. The smallest absolute Gasteiger partial charge is 0.242 e. The molecule has 2 fully saturated rings. The van der Waals surface area contributed by atoms with Crippen molar-refractivity contribution in [2.24, 2.45) is 11.3 Å². The minimum absolute atomic E-state index is 0.0815. The molecule has 0 spiro atoms. The number of rotatable bonds is 3. The van der Waals surface area contributed by atoms with Crippen LogP contribution >= 0.6 is 19.5 Å². The molecule has 0 N–H and O–H groups in total. The number of halogens is 1. The van der Waals surface area contributed by atoms with Crippen LogP contribution in [0.25, 0.3) is 11.4 Å². The van der Waals surface area contributed by atoms with E-state index >= 15 is 0 Å². The van der Waals surface area contributed by atoms with E-state index in [2.05, 4.69) is 32.1 Å². The Morgan fingerprint density at radius 1 is 0.882 bits per heavy atom. The van der Waals surface area contributed by atoms with E-state index in [0.717, 1.165) is 11.1 Å². The van der Waals surface area contributed by atoms with Gasteiger partial charge in [0.2, 0.25) is 11.8 Å². The normalized spacial score (nSPS) is 28.9. The number of nitrogens with zero attached hydrogens (tertiary/aromatic N) is 1. The first-order valence-corrected chi connectivity index (χ1v) is 13.2. The van der Waals surface area contributed by atoms with E-state index in [4.69, 9.17) is 11.6 Å². The van der Waals surface area contributed by atoms with E-state index in [-0.39, 0.29) is 17.5 Å². The third kappa shape index (κ3) is 2.81. The van der Waals surface area contributed by atoms with Gasteiger partial charge in [0.05, 0.1) is 17.3 Å². The van der Waals surface area contributed by atoms with Gasteiger partial charge < -0.3 is 0 Å². The molecule has 2 bridgehead atoms. The lowest BCUT2D eigenvalue weighted by atomic mass is 9.70. The van der Waals surface area contributed by atoms with Gasteiger partial charge in [-0.15, -0.1) is 0 Å². The van der Waals surface area contributed by atoms with E-state index in [0.29, 0.717) is 10.7 Å². The number of allylic oxidation sites excluding steroid dienone is 2. The van der Waals surface area contributed by atoms with Crippen molar-refractivity contribution in [1.82, 2.24) is 0 Å². The van der Waals surface area contributed by atoms with Crippen LogP contribution in [0.1, 0.15) is 25.0 Å². The number of para-hydroxylation sites is 1. The monoisotopic (exact) mass is 483 g/mol. The SMILES string of the molecule is CC1=C(c2ccccc2)P2/C(=C/c3ccccc3Cl)C1(C)C1C(=O)N(c3ccccc3)C(=O)C12. The lowest BCUT2D eigenvalue weighted by molar-refractivity contribution is -0.123. The molecule has 3 heterocycles. The first-order chi connectivity index (χ1) is 16.4. The molecule has 0 aromatic heterocycles. The van der Waals surface area contributed by atoms with Crippen molar-refractivity contribution in [2.45, 2.75) is 19.5 Å². The quantitative estimate of drug-likeness (QED) is 0.292. The van der Waals surface area contributed by atoms with E-state index in [1.54, 1.807) is 0 Å². The second-order valence-electron chi connectivity index (χ2n) is 9.23. The fourth-order valence-electron chi connectivity index (χ4n) is 5.89. The fourth-order valence-corrected chi connectivity index (χ4v) is 10.1. The van der Waals surface area contributed by atoms with Crippen LogP contribution in [0.3, 0.4) is 0 Å². The van der Waals surface area contributed by atoms with Gasteiger partial charge >= 0.3 is 0 Å². The number of imide groups is 1. The maximum atomic E-state index is 13.9. The average molecular weight is 484 g/mol. The highest BCUT2D eigenvalue weighted by Gasteiger charge is 2.70. The second-order valence-corrected chi connectivity index (χ2v) is 11.9. The van der Waals surface area contributed by atoms with E-state index in [9.17, 15) is 9.59 Å². The summed E-state index contributed by atoms with van der Waals surface area (Å²) in [5, 5.41) is 3.08. The summed E-state index contributed by atoms with van der Waals surface area (Å²) in [5.74, 6) is -0.570. The molecule has 3 aliphatic rings. The van der Waals surface area contributed by atoms with Crippen molar-refractivity contribution in [2.75, 3.05) is 4.90 Å². The molecule has 6 rings (SSSR count). The van der Waals surface area contributed by atoms with Crippen LogP contribution in [0.2, 0.25) is 5.02 Å². The molecular formula is C29H23ClNO2P. The predicted octanol–water partition coefficient (Wildman–Crippen LogP) is 7.19. The first-order valence-electron chi connectivity index (χ1n) is 11.4. The highest BCUT2D eigenvalue weighted by Crippen LogP contribution is 2.84. The Labute approximate surface area is 205 Å². The van der Waals surface area contributed by atoms with Gasteiger partial charge in [-0.3, -0.25) is 9.59 Å². The van der Waals surface area contributed by atoms with Crippen molar-refractivity contribution in [3.8, 4) is 0 Å². The topological polar surface area (TPSA) is 37.4 Å².